The first kappa shape index (κ1) is 22.0. The molecule has 3 aromatic rings. The number of ether oxygens (including phenoxy) is 3. The van der Waals surface area contributed by atoms with Gasteiger partial charge in [0.1, 0.15) is 18.1 Å². The zero-order valence-corrected chi connectivity index (χ0v) is 18.2. The number of rotatable bonds is 8. The van der Waals surface area contributed by atoms with Gasteiger partial charge in [-0.15, -0.1) is 11.3 Å². The summed E-state index contributed by atoms with van der Waals surface area (Å²) in [6, 6.07) is 14.5. The number of methoxy groups -OCH3 is 2. The maximum Gasteiger partial charge on any atom is 0.331 e. The van der Waals surface area contributed by atoms with Gasteiger partial charge in [-0.25, -0.2) is 9.78 Å². The summed E-state index contributed by atoms with van der Waals surface area (Å²) in [6.07, 6.45) is 2.97. The number of carbonyl (C=O) groups excluding carboxylic acids is 2. The first-order chi connectivity index (χ1) is 15.0. The number of para-hydroxylation sites is 3. The number of esters is 1. The van der Waals surface area contributed by atoms with Crippen molar-refractivity contribution in [1.82, 2.24) is 4.98 Å². The van der Waals surface area contributed by atoms with E-state index in [4.69, 9.17) is 14.2 Å². The van der Waals surface area contributed by atoms with Crippen LogP contribution in [-0.2, 0) is 20.9 Å². The molecule has 0 unspecified atom stereocenters. The number of nitrogens with zero attached hydrogens (tertiary/aromatic N) is 2. The lowest BCUT2D eigenvalue weighted by atomic mass is 10.2. The number of amides is 1. The highest BCUT2D eigenvalue weighted by Gasteiger charge is 2.21. The van der Waals surface area contributed by atoms with Crippen LogP contribution in [-0.4, -0.2) is 31.1 Å². The molecule has 0 saturated carbocycles. The Labute approximate surface area is 184 Å². The Bertz CT molecular complexity index is 1090. The number of hydrogen-bond acceptors (Lipinski definition) is 7. The Balaban J connectivity index is 1.68. The minimum Gasteiger partial charge on any atom is -0.496 e. The minimum atomic E-state index is -0.506. The zero-order valence-electron chi connectivity index (χ0n) is 17.4. The largest absolute Gasteiger partial charge is 0.496 e. The van der Waals surface area contributed by atoms with E-state index in [9.17, 15) is 9.59 Å². The van der Waals surface area contributed by atoms with Gasteiger partial charge >= 0.3 is 5.97 Å². The monoisotopic (exact) mass is 438 g/mol. The molecule has 3 rings (SSSR count). The third kappa shape index (κ3) is 5.49. The van der Waals surface area contributed by atoms with E-state index in [1.807, 2.05) is 36.4 Å². The second-order valence-electron chi connectivity index (χ2n) is 6.33. The molecule has 0 bridgehead atoms. The van der Waals surface area contributed by atoms with Crippen molar-refractivity contribution in [2.24, 2.45) is 0 Å². The molecule has 1 heterocycles. The number of carbonyl (C=O) groups is 2. The van der Waals surface area contributed by atoms with Crippen LogP contribution in [0.5, 0.6) is 11.5 Å². The molecule has 0 aliphatic heterocycles. The average Bonchev–Trinajstić information content (AvgIpc) is 3.25. The van der Waals surface area contributed by atoms with Crippen LogP contribution in [0.4, 0.5) is 10.8 Å². The Morgan fingerprint density at radius 1 is 1.03 bits per heavy atom. The van der Waals surface area contributed by atoms with Crippen LogP contribution < -0.4 is 14.4 Å². The molecule has 8 heteroatoms. The topological polar surface area (TPSA) is 78.0 Å². The van der Waals surface area contributed by atoms with Crippen molar-refractivity contribution in [2.75, 3.05) is 19.1 Å². The molecule has 0 spiro atoms. The molecule has 0 aliphatic rings. The molecule has 0 fully saturated rings. The number of benzene rings is 2. The molecule has 0 aliphatic carbocycles. The van der Waals surface area contributed by atoms with E-state index in [1.54, 1.807) is 37.8 Å². The number of anilines is 2. The highest BCUT2D eigenvalue weighted by molar-refractivity contribution is 7.14. The van der Waals surface area contributed by atoms with Gasteiger partial charge in [-0.2, -0.15) is 0 Å². The predicted molar refractivity (Wildman–Crippen MR) is 120 cm³/mol. The summed E-state index contributed by atoms with van der Waals surface area (Å²) in [7, 11) is 3.11. The van der Waals surface area contributed by atoms with Crippen molar-refractivity contribution in [3.8, 4) is 11.5 Å². The van der Waals surface area contributed by atoms with Gasteiger partial charge in [-0.05, 0) is 24.3 Å². The van der Waals surface area contributed by atoms with Crippen molar-refractivity contribution in [3.05, 3.63) is 71.2 Å². The normalized spacial score (nSPS) is 10.7. The van der Waals surface area contributed by atoms with Gasteiger partial charge < -0.3 is 14.2 Å². The Hall–Kier alpha value is -3.65. The van der Waals surface area contributed by atoms with Gasteiger partial charge in [0.05, 0.1) is 25.6 Å². The summed E-state index contributed by atoms with van der Waals surface area (Å²) < 4.78 is 15.9. The van der Waals surface area contributed by atoms with E-state index in [0.717, 1.165) is 5.56 Å². The lowest BCUT2D eigenvalue weighted by Gasteiger charge is -2.20. The lowest BCUT2D eigenvalue weighted by Crippen LogP contribution is -2.23. The number of hydrogen-bond donors (Lipinski definition) is 0. The average molecular weight is 439 g/mol. The molecule has 160 valence electrons. The summed E-state index contributed by atoms with van der Waals surface area (Å²) in [5.74, 6) is 0.509. The van der Waals surface area contributed by atoms with Crippen LogP contribution in [0.1, 0.15) is 18.2 Å². The van der Waals surface area contributed by atoms with E-state index < -0.39 is 5.97 Å². The SMILES string of the molecule is COc1ccccc1/C=C/C(=O)OCc1csc(N(C(C)=O)c2ccccc2OC)n1. The van der Waals surface area contributed by atoms with Gasteiger partial charge in [0, 0.05) is 23.9 Å². The summed E-state index contributed by atoms with van der Waals surface area (Å²) in [5, 5.41) is 2.21. The third-order valence-corrected chi connectivity index (χ3v) is 5.15. The Morgan fingerprint density at radius 3 is 2.42 bits per heavy atom. The van der Waals surface area contributed by atoms with Gasteiger partial charge in [-0.1, -0.05) is 30.3 Å². The van der Waals surface area contributed by atoms with Gasteiger partial charge in [0.25, 0.3) is 0 Å². The first-order valence-electron chi connectivity index (χ1n) is 9.39. The smallest absolute Gasteiger partial charge is 0.331 e. The molecule has 1 aromatic heterocycles. The predicted octanol–water partition coefficient (Wildman–Crippen LogP) is 4.60. The van der Waals surface area contributed by atoms with Crippen molar-refractivity contribution in [3.63, 3.8) is 0 Å². The second-order valence-corrected chi connectivity index (χ2v) is 7.17. The maximum atomic E-state index is 12.3. The van der Waals surface area contributed by atoms with Crippen LogP contribution in [0, 0.1) is 0 Å². The molecule has 0 radical (unpaired) electrons. The third-order valence-electron chi connectivity index (χ3n) is 4.27. The highest BCUT2D eigenvalue weighted by atomic mass is 32.1. The molecule has 0 saturated heterocycles. The molecule has 7 nitrogen and oxygen atoms in total. The lowest BCUT2D eigenvalue weighted by molar-refractivity contribution is -0.139. The molecule has 31 heavy (non-hydrogen) atoms. The quantitative estimate of drug-likeness (QED) is 0.378. The van der Waals surface area contributed by atoms with E-state index in [1.165, 1.54) is 29.2 Å². The molecular weight excluding hydrogens is 416 g/mol. The van der Waals surface area contributed by atoms with E-state index in [-0.39, 0.29) is 12.5 Å². The fraction of sp³-hybridized carbons (Fsp3) is 0.174. The van der Waals surface area contributed by atoms with Crippen LogP contribution >= 0.6 is 11.3 Å². The van der Waals surface area contributed by atoms with Crippen LogP contribution in [0.15, 0.2) is 60.0 Å². The van der Waals surface area contributed by atoms with Crippen LogP contribution in [0.2, 0.25) is 0 Å². The van der Waals surface area contributed by atoms with Gasteiger partial charge in [0.2, 0.25) is 5.91 Å². The summed E-state index contributed by atoms with van der Waals surface area (Å²) in [6.45, 7) is 1.44. The van der Waals surface area contributed by atoms with Crippen molar-refractivity contribution < 1.29 is 23.8 Å². The van der Waals surface area contributed by atoms with E-state index in [2.05, 4.69) is 4.98 Å². The van der Waals surface area contributed by atoms with Crippen LogP contribution in [0.25, 0.3) is 6.08 Å². The Kier molecular flexibility index (Phi) is 7.40. The standard InChI is InChI=1S/C23H22N2O5S/c1-16(26)25(19-9-5-7-11-21(19)29-3)23-24-18(15-31-23)14-30-22(27)13-12-17-8-4-6-10-20(17)28-2/h4-13,15H,14H2,1-3H3/b13-12+. The molecule has 0 N–H and O–H groups in total. The molecule has 0 atom stereocenters. The molecule has 2 aromatic carbocycles. The maximum absolute atomic E-state index is 12.3. The summed E-state index contributed by atoms with van der Waals surface area (Å²) in [5.41, 5.74) is 1.90. The summed E-state index contributed by atoms with van der Waals surface area (Å²) >= 11 is 1.28. The zero-order chi connectivity index (χ0) is 22.2. The van der Waals surface area contributed by atoms with Gasteiger partial charge in [-0.3, -0.25) is 9.69 Å². The van der Waals surface area contributed by atoms with Gasteiger partial charge in [0.15, 0.2) is 5.13 Å². The van der Waals surface area contributed by atoms with Crippen LogP contribution in [0.3, 0.4) is 0 Å². The fourth-order valence-corrected chi connectivity index (χ4v) is 3.71. The van der Waals surface area contributed by atoms with E-state index >= 15 is 0 Å². The molecular formula is C23H22N2O5S. The van der Waals surface area contributed by atoms with Crippen molar-refractivity contribution in [2.45, 2.75) is 13.5 Å². The second kappa shape index (κ2) is 10.4. The van der Waals surface area contributed by atoms with E-state index in [0.29, 0.717) is 28.0 Å². The Morgan fingerprint density at radius 2 is 1.71 bits per heavy atom. The van der Waals surface area contributed by atoms with Crippen molar-refractivity contribution >= 4 is 40.1 Å². The number of aromatic nitrogens is 1. The van der Waals surface area contributed by atoms with Crippen molar-refractivity contribution in [1.29, 1.82) is 0 Å². The first-order valence-corrected chi connectivity index (χ1v) is 10.3. The molecule has 1 amide bonds. The summed E-state index contributed by atoms with van der Waals surface area (Å²) in [4.78, 5) is 30.3. The minimum absolute atomic E-state index is 0.0106. The highest BCUT2D eigenvalue weighted by Crippen LogP contribution is 2.35. The fourth-order valence-electron chi connectivity index (χ4n) is 2.84. The number of thiazole rings is 1.